The van der Waals surface area contributed by atoms with Gasteiger partial charge in [-0.05, 0) is 24.1 Å². The van der Waals surface area contributed by atoms with Crippen molar-refractivity contribution in [3.05, 3.63) is 59.5 Å². The van der Waals surface area contributed by atoms with E-state index in [1.807, 2.05) is 43.3 Å². The molecule has 4 heteroatoms. The fourth-order valence-electron chi connectivity index (χ4n) is 2.18. The van der Waals surface area contributed by atoms with E-state index in [4.69, 9.17) is 9.52 Å². The van der Waals surface area contributed by atoms with E-state index in [0.29, 0.717) is 18.8 Å². The van der Waals surface area contributed by atoms with Gasteiger partial charge in [-0.25, -0.2) is 0 Å². The second-order valence-corrected chi connectivity index (χ2v) is 4.87. The molecule has 0 saturated heterocycles. The first-order valence-corrected chi connectivity index (χ1v) is 7.27. The first-order valence-electron chi connectivity index (χ1n) is 7.27. The lowest BCUT2D eigenvalue weighted by Crippen LogP contribution is -2.35. The minimum Gasteiger partial charge on any atom is -0.456 e. The highest BCUT2D eigenvalue weighted by Gasteiger charge is 2.18. The Kier molecular flexibility index (Phi) is 5.58. The molecule has 0 radical (unpaired) electrons. The van der Waals surface area contributed by atoms with Crippen LogP contribution in [0, 0.1) is 0 Å². The molecular formula is C17H21NO3. The number of furan rings is 1. The monoisotopic (exact) mass is 287 g/mol. The Morgan fingerprint density at radius 1 is 1.14 bits per heavy atom. The largest absolute Gasteiger partial charge is 0.456 e. The maximum Gasteiger partial charge on any atom is 0.289 e. The molecule has 1 amide bonds. The number of benzene rings is 1. The van der Waals surface area contributed by atoms with Crippen LogP contribution < -0.4 is 0 Å². The van der Waals surface area contributed by atoms with Gasteiger partial charge >= 0.3 is 0 Å². The van der Waals surface area contributed by atoms with Crippen LogP contribution in [0.2, 0.25) is 0 Å². The van der Waals surface area contributed by atoms with Gasteiger partial charge in [-0.15, -0.1) is 0 Å². The molecule has 0 bridgehead atoms. The first kappa shape index (κ1) is 15.3. The molecule has 112 valence electrons. The summed E-state index contributed by atoms with van der Waals surface area (Å²) >= 11 is 0. The third kappa shape index (κ3) is 4.20. The van der Waals surface area contributed by atoms with Gasteiger partial charge in [0, 0.05) is 19.5 Å². The lowest BCUT2D eigenvalue weighted by molar-refractivity contribution is 0.0690. The number of hydrogen-bond acceptors (Lipinski definition) is 3. The van der Waals surface area contributed by atoms with Crippen molar-refractivity contribution in [2.45, 2.75) is 19.8 Å². The molecule has 1 aromatic heterocycles. The third-order valence-electron chi connectivity index (χ3n) is 3.39. The normalized spacial score (nSPS) is 10.6. The van der Waals surface area contributed by atoms with Crippen LogP contribution in [-0.4, -0.2) is 35.6 Å². The van der Waals surface area contributed by atoms with Gasteiger partial charge < -0.3 is 14.4 Å². The Labute approximate surface area is 125 Å². The van der Waals surface area contributed by atoms with Crippen LogP contribution in [0.4, 0.5) is 0 Å². The van der Waals surface area contributed by atoms with Gasteiger partial charge in [0.15, 0.2) is 5.76 Å². The van der Waals surface area contributed by atoms with E-state index in [-0.39, 0.29) is 12.5 Å². The quantitative estimate of drug-likeness (QED) is 0.851. The zero-order chi connectivity index (χ0) is 15.1. The number of hydrogen-bond donors (Lipinski definition) is 1. The Morgan fingerprint density at radius 2 is 1.90 bits per heavy atom. The number of aliphatic hydroxyl groups is 1. The fourth-order valence-corrected chi connectivity index (χ4v) is 2.18. The molecule has 0 aliphatic rings. The van der Waals surface area contributed by atoms with Crippen LogP contribution in [-0.2, 0) is 12.8 Å². The molecule has 21 heavy (non-hydrogen) atoms. The molecule has 4 nitrogen and oxygen atoms in total. The van der Waals surface area contributed by atoms with E-state index in [9.17, 15) is 4.79 Å². The molecule has 0 atom stereocenters. The maximum atomic E-state index is 12.4. The summed E-state index contributed by atoms with van der Waals surface area (Å²) in [5, 5.41) is 9.16. The predicted octanol–water partition coefficient (Wildman–Crippen LogP) is 2.52. The fraction of sp³-hybridized carbons (Fsp3) is 0.353. The zero-order valence-electron chi connectivity index (χ0n) is 12.3. The van der Waals surface area contributed by atoms with Crippen molar-refractivity contribution >= 4 is 5.91 Å². The van der Waals surface area contributed by atoms with E-state index in [2.05, 4.69) is 0 Å². The second kappa shape index (κ2) is 7.64. The van der Waals surface area contributed by atoms with E-state index in [1.165, 1.54) is 5.56 Å². The van der Waals surface area contributed by atoms with Crippen LogP contribution in [0.3, 0.4) is 0 Å². The molecule has 0 fully saturated rings. The molecule has 2 rings (SSSR count). The van der Waals surface area contributed by atoms with Crippen LogP contribution in [0.1, 0.15) is 28.8 Å². The van der Waals surface area contributed by atoms with Crippen molar-refractivity contribution in [1.29, 1.82) is 0 Å². The van der Waals surface area contributed by atoms with Crippen molar-refractivity contribution in [2.24, 2.45) is 0 Å². The van der Waals surface area contributed by atoms with E-state index in [0.717, 1.165) is 18.6 Å². The lowest BCUT2D eigenvalue weighted by Gasteiger charge is -2.20. The molecule has 0 aliphatic heterocycles. The zero-order valence-corrected chi connectivity index (χ0v) is 12.3. The molecule has 1 heterocycles. The smallest absolute Gasteiger partial charge is 0.289 e. The van der Waals surface area contributed by atoms with Crippen molar-refractivity contribution < 1.29 is 14.3 Å². The summed E-state index contributed by atoms with van der Waals surface area (Å²) in [4.78, 5) is 14.0. The maximum absolute atomic E-state index is 12.4. The predicted molar refractivity (Wildman–Crippen MR) is 81.2 cm³/mol. The van der Waals surface area contributed by atoms with Crippen LogP contribution in [0.5, 0.6) is 0 Å². The minimum atomic E-state index is -0.167. The van der Waals surface area contributed by atoms with E-state index >= 15 is 0 Å². The Balaban J connectivity index is 2.02. The van der Waals surface area contributed by atoms with Crippen LogP contribution in [0.25, 0.3) is 0 Å². The molecule has 0 spiro atoms. The molecule has 1 aromatic carbocycles. The summed E-state index contributed by atoms with van der Waals surface area (Å²) < 4.78 is 5.50. The summed E-state index contributed by atoms with van der Waals surface area (Å²) in [6.45, 7) is 2.80. The topological polar surface area (TPSA) is 53.7 Å². The first-order chi connectivity index (χ1) is 10.2. The summed E-state index contributed by atoms with van der Waals surface area (Å²) in [5.74, 6) is 0.971. The highest BCUT2D eigenvalue weighted by atomic mass is 16.4. The average Bonchev–Trinajstić information content (AvgIpc) is 3.01. The van der Waals surface area contributed by atoms with Crippen molar-refractivity contribution in [2.75, 3.05) is 19.7 Å². The van der Waals surface area contributed by atoms with Crippen molar-refractivity contribution in [3.63, 3.8) is 0 Å². The molecule has 0 aliphatic carbocycles. The Hall–Kier alpha value is -2.07. The number of amides is 1. The summed E-state index contributed by atoms with van der Waals surface area (Å²) in [7, 11) is 0. The van der Waals surface area contributed by atoms with Gasteiger partial charge in [-0.3, -0.25) is 4.79 Å². The van der Waals surface area contributed by atoms with Gasteiger partial charge in [0.1, 0.15) is 5.76 Å². The molecule has 0 saturated carbocycles. The second-order valence-electron chi connectivity index (χ2n) is 4.87. The molecular weight excluding hydrogens is 266 g/mol. The summed E-state index contributed by atoms with van der Waals surface area (Å²) in [6, 6.07) is 13.5. The van der Waals surface area contributed by atoms with Gasteiger partial charge in [0.05, 0.1) is 6.61 Å². The number of nitrogens with zero attached hydrogens (tertiary/aromatic N) is 1. The number of aliphatic hydroxyl groups excluding tert-OH is 1. The molecule has 0 unspecified atom stereocenters. The SMILES string of the molecule is CCc1ccc(C(=O)N(CCO)CCc2ccccc2)o1. The lowest BCUT2D eigenvalue weighted by atomic mass is 10.1. The van der Waals surface area contributed by atoms with E-state index < -0.39 is 0 Å². The summed E-state index contributed by atoms with van der Waals surface area (Å²) in [6.07, 6.45) is 1.52. The number of carbonyl (C=O) groups is 1. The van der Waals surface area contributed by atoms with Crippen LogP contribution >= 0.6 is 0 Å². The molecule has 2 aromatic rings. The van der Waals surface area contributed by atoms with Crippen LogP contribution in [0.15, 0.2) is 46.9 Å². The Morgan fingerprint density at radius 3 is 2.52 bits per heavy atom. The standard InChI is InChI=1S/C17H21NO3/c1-2-15-8-9-16(21-15)17(20)18(12-13-19)11-10-14-6-4-3-5-7-14/h3-9,19H,2,10-13H2,1H3. The van der Waals surface area contributed by atoms with Gasteiger partial charge in [-0.2, -0.15) is 0 Å². The number of rotatable bonds is 7. The molecule has 1 N–H and O–H groups in total. The Bertz CT molecular complexity index is 562. The van der Waals surface area contributed by atoms with Gasteiger partial charge in [0.2, 0.25) is 0 Å². The van der Waals surface area contributed by atoms with E-state index in [1.54, 1.807) is 11.0 Å². The third-order valence-corrected chi connectivity index (χ3v) is 3.39. The number of aryl methyl sites for hydroxylation is 1. The minimum absolute atomic E-state index is 0.0537. The average molecular weight is 287 g/mol. The summed E-state index contributed by atoms with van der Waals surface area (Å²) in [5.41, 5.74) is 1.17. The highest BCUT2D eigenvalue weighted by Crippen LogP contribution is 2.12. The van der Waals surface area contributed by atoms with Gasteiger partial charge in [0.25, 0.3) is 5.91 Å². The van der Waals surface area contributed by atoms with Gasteiger partial charge in [-0.1, -0.05) is 37.3 Å². The van der Waals surface area contributed by atoms with Crippen molar-refractivity contribution in [1.82, 2.24) is 4.90 Å². The number of carbonyl (C=O) groups excluding carboxylic acids is 1. The van der Waals surface area contributed by atoms with Crippen molar-refractivity contribution in [3.8, 4) is 0 Å². The highest BCUT2D eigenvalue weighted by molar-refractivity contribution is 5.91.